The van der Waals surface area contributed by atoms with Crippen LogP contribution in [-0.4, -0.2) is 36.4 Å². The highest BCUT2D eigenvalue weighted by atomic mass is 16.5. The van der Waals surface area contributed by atoms with Crippen molar-refractivity contribution in [2.75, 3.05) is 18.5 Å². The largest absolute Gasteiger partial charge is 0.482 e. The normalized spacial score (nSPS) is 25.4. The van der Waals surface area contributed by atoms with Crippen molar-refractivity contribution in [1.82, 2.24) is 0 Å². The van der Waals surface area contributed by atoms with Crippen LogP contribution in [0.3, 0.4) is 0 Å². The summed E-state index contributed by atoms with van der Waals surface area (Å²) in [6, 6.07) is 7.72. The Hall–Kier alpha value is -1.75. The third-order valence-electron chi connectivity index (χ3n) is 3.74. The van der Waals surface area contributed by atoms with Crippen molar-refractivity contribution in [2.45, 2.75) is 31.4 Å². The Balaban J connectivity index is 1.54. The van der Waals surface area contributed by atoms with E-state index in [0.29, 0.717) is 17.9 Å². The van der Waals surface area contributed by atoms with E-state index < -0.39 is 5.97 Å². The summed E-state index contributed by atoms with van der Waals surface area (Å²) < 4.78 is 11.0. The number of nitrogens with one attached hydrogen (secondary N) is 1. The maximum absolute atomic E-state index is 10.5. The van der Waals surface area contributed by atoms with E-state index in [9.17, 15) is 4.79 Å². The number of carbonyl (C=O) groups is 1. The molecule has 1 aromatic carbocycles. The maximum Gasteiger partial charge on any atom is 0.341 e. The highest BCUT2D eigenvalue weighted by Gasteiger charge is 2.37. The number of hydrogen-bond donors (Lipinski definition) is 2. The standard InChI is InChI=1S/C15H19NO4/c17-15(18)9-19-13-3-1-2-11(6-13)16-12-7-14(20-8-12)10-4-5-10/h1-3,6,10,12,14,16H,4-5,7-9H2,(H,17,18). The van der Waals surface area contributed by atoms with Gasteiger partial charge in [-0.3, -0.25) is 0 Å². The fraction of sp³-hybridized carbons (Fsp3) is 0.533. The first-order valence-corrected chi connectivity index (χ1v) is 7.03. The zero-order valence-electron chi connectivity index (χ0n) is 11.2. The average Bonchev–Trinajstić information content (AvgIpc) is 3.18. The first kappa shape index (κ1) is 13.2. The van der Waals surface area contributed by atoms with E-state index in [0.717, 1.165) is 24.6 Å². The van der Waals surface area contributed by atoms with Crippen LogP contribution in [0.5, 0.6) is 5.75 Å². The lowest BCUT2D eigenvalue weighted by Gasteiger charge is -2.13. The van der Waals surface area contributed by atoms with Crippen LogP contribution >= 0.6 is 0 Å². The van der Waals surface area contributed by atoms with Gasteiger partial charge in [0.05, 0.1) is 18.8 Å². The van der Waals surface area contributed by atoms with Crippen LogP contribution in [0.15, 0.2) is 24.3 Å². The average molecular weight is 277 g/mol. The lowest BCUT2D eigenvalue weighted by atomic mass is 10.1. The smallest absolute Gasteiger partial charge is 0.341 e. The topological polar surface area (TPSA) is 67.8 Å². The molecule has 0 spiro atoms. The number of anilines is 1. The van der Waals surface area contributed by atoms with Crippen LogP contribution < -0.4 is 10.1 Å². The summed E-state index contributed by atoms with van der Waals surface area (Å²) >= 11 is 0. The van der Waals surface area contributed by atoms with Crippen LogP contribution in [0.1, 0.15) is 19.3 Å². The minimum Gasteiger partial charge on any atom is -0.482 e. The van der Waals surface area contributed by atoms with E-state index >= 15 is 0 Å². The minimum absolute atomic E-state index is 0.320. The second kappa shape index (κ2) is 5.71. The Labute approximate surface area is 117 Å². The Morgan fingerprint density at radius 1 is 1.45 bits per heavy atom. The second-order valence-corrected chi connectivity index (χ2v) is 5.50. The Kier molecular flexibility index (Phi) is 3.78. The van der Waals surface area contributed by atoms with Gasteiger partial charge in [0, 0.05) is 11.8 Å². The lowest BCUT2D eigenvalue weighted by Crippen LogP contribution is -2.19. The molecular weight excluding hydrogens is 258 g/mol. The summed E-state index contributed by atoms with van der Waals surface area (Å²) in [6.07, 6.45) is 4.07. The van der Waals surface area contributed by atoms with Crippen molar-refractivity contribution in [1.29, 1.82) is 0 Å². The third-order valence-corrected chi connectivity index (χ3v) is 3.74. The monoisotopic (exact) mass is 277 g/mol. The van der Waals surface area contributed by atoms with Crippen LogP contribution in [-0.2, 0) is 9.53 Å². The molecule has 0 radical (unpaired) electrons. The second-order valence-electron chi connectivity index (χ2n) is 5.50. The number of aliphatic carboxylic acids is 1. The summed E-state index contributed by atoms with van der Waals surface area (Å²) in [5.41, 5.74) is 0.943. The van der Waals surface area contributed by atoms with Crippen molar-refractivity contribution in [3.05, 3.63) is 24.3 Å². The predicted molar refractivity (Wildman–Crippen MR) is 74.1 cm³/mol. The highest BCUT2D eigenvalue weighted by molar-refractivity contribution is 5.68. The number of hydrogen-bond acceptors (Lipinski definition) is 4. The fourth-order valence-electron chi connectivity index (χ4n) is 2.61. The quantitative estimate of drug-likeness (QED) is 0.833. The molecular formula is C15H19NO4. The Morgan fingerprint density at radius 2 is 2.30 bits per heavy atom. The van der Waals surface area contributed by atoms with Crippen molar-refractivity contribution < 1.29 is 19.4 Å². The molecule has 0 amide bonds. The van der Waals surface area contributed by atoms with E-state index in [1.165, 1.54) is 12.8 Å². The molecule has 0 aromatic heterocycles. The molecule has 5 nitrogen and oxygen atoms in total. The van der Waals surface area contributed by atoms with Crippen LogP contribution in [0, 0.1) is 5.92 Å². The van der Waals surface area contributed by atoms with Gasteiger partial charge in [-0.15, -0.1) is 0 Å². The highest BCUT2D eigenvalue weighted by Crippen LogP contribution is 2.39. The van der Waals surface area contributed by atoms with E-state index in [1.54, 1.807) is 6.07 Å². The molecule has 1 saturated heterocycles. The summed E-state index contributed by atoms with van der Waals surface area (Å²) in [6.45, 7) is 0.418. The molecule has 2 fully saturated rings. The number of carboxylic acid groups (broad SMARTS) is 1. The SMILES string of the molecule is O=C(O)COc1cccc(NC2COC(C3CC3)C2)c1. The summed E-state index contributed by atoms with van der Waals surface area (Å²) in [7, 11) is 0. The maximum atomic E-state index is 10.5. The van der Waals surface area contributed by atoms with E-state index in [2.05, 4.69) is 5.32 Å². The molecule has 2 atom stereocenters. The molecule has 3 rings (SSSR count). The van der Waals surface area contributed by atoms with Gasteiger partial charge in [0.2, 0.25) is 0 Å². The van der Waals surface area contributed by atoms with Crippen LogP contribution in [0.2, 0.25) is 0 Å². The van der Waals surface area contributed by atoms with Crippen LogP contribution in [0.25, 0.3) is 0 Å². The molecule has 0 bridgehead atoms. The fourth-order valence-corrected chi connectivity index (χ4v) is 2.61. The van der Waals surface area contributed by atoms with Crippen molar-refractivity contribution in [2.24, 2.45) is 5.92 Å². The van der Waals surface area contributed by atoms with E-state index in [-0.39, 0.29) is 6.61 Å². The van der Waals surface area contributed by atoms with Gasteiger partial charge in [-0.05, 0) is 37.3 Å². The van der Waals surface area contributed by atoms with Crippen LogP contribution in [0.4, 0.5) is 5.69 Å². The van der Waals surface area contributed by atoms with Gasteiger partial charge in [-0.1, -0.05) is 6.07 Å². The first-order chi connectivity index (χ1) is 9.70. The molecule has 1 aliphatic heterocycles. The molecule has 2 N–H and O–H groups in total. The number of carboxylic acids is 1. The minimum atomic E-state index is -0.972. The predicted octanol–water partition coefficient (Wildman–Crippen LogP) is 2.13. The number of benzene rings is 1. The van der Waals surface area contributed by atoms with Gasteiger partial charge < -0.3 is 19.9 Å². The molecule has 2 unspecified atom stereocenters. The molecule has 1 aromatic rings. The first-order valence-electron chi connectivity index (χ1n) is 7.03. The molecule has 5 heteroatoms. The molecule has 108 valence electrons. The van der Waals surface area contributed by atoms with Crippen molar-refractivity contribution >= 4 is 11.7 Å². The summed E-state index contributed by atoms with van der Waals surface area (Å²) in [5, 5.41) is 12.0. The van der Waals surface area contributed by atoms with Gasteiger partial charge in [-0.25, -0.2) is 4.79 Å². The zero-order valence-corrected chi connectivity index (χ0v) is 11.2. The van der Waals surface area contributed by atoms with Gasteiger partial charge in [-0.2, -0.15) is 0 Å². The number of rotatable bonds is 6. The third kappa shape index (κ3) is 3.42. The Morgan fingerprint density at radius 3 is 3.05 bits per heavy atom. The zero-order chi connectivity index (χ0) is 13.9. The van der Waals surface area contributed by atoms with Gasteiger partial charge in [0.25, 0.3) is 0 Å². The molecule has 1 saturated carbocycles. The summed E-state index contributed by atoms with van der Waals surface area (Å²) in [4.78, 5) is 10.5. The summed E-state index contributed by atoms with van der Waals surface area (Å²) in [5.74, 6) is 0.363. The molecule has 1 aliphatic carbocycles. The van der Waals surface area contributed by atoms with Gasteiger partial charge in [0.15, 0.2) is 6.61 Å². The molecule has 20 heavy (non-hydrogen) atoms. The van der Waals surface area contributed by atoms with E-state index in [1.807, 2.05) is 18.2 Å². The van der Waals surface area contributed by atoms with Gasteiger partial charge >= 0.3 is 5.97 Å². The molecule has 1 heterocycles. The van der Waals surface area contributed by atoms with Gasteiger partial charge in [0.1, 0.15) is 5.75 Å². The van der Waals surface area contributed by atoms with Crippen molar-refractivity contribution in [3.8, 4) is 5.75 Å². The molecule has 2 aliphatic rings. The Bertz CT molecular complexity index is 487. The lowest BCUT2D eigenvalue weighted by molar-refractivity contribution is -0.139. The van der Waals surface area contributed by atoms with Crippen molar-refractivity contribution in [3.63, 3.8) is 0 Å². The van der Waals surface area contributed by atoms with E-state index in [4.69, 9.17) is 14.6 Å². The number of ether oxygens (including phenoxy) is 2.